The molecule has 0 aromatic heterocycles. The molecule has 110 valence electrons. The largest absolute Gasteiger partial charge is 0.296 e. The van der Waals surface area contributed by atoms with Crippen LogP contribution in [0.15, 0.2) is 18.2 Å². The molecule has 1 aliphatic rings. The van der Waals surface area contributed by atoms with Crippen molar-refractivity contribution in [2.45, 2.75) is 32.6 Å². The predicted molar refractivity (Wildman–Crippen MR) is 84.9 cm³/mol. The molecule has 0 bridgehead atoms. The first-order valence-electron chi connectivity index (χ1n) is 7.30. The van der Waals surface area contributed by atoms with Crippen molar-refractivity contribution in [2.24, 2.45) is 5.92 Å². The quantitative estimate of drug-likeness (QED) is 0.752. The molecule has 2 nitrogen and oxygen atoms in total. The Kier molecular flexibility index (Phi) is 5.88. The lowest BCUT2D eigenvalue weighted by Crippen LogP contribution is -2.31. The molecule has 0 amide bonds. The minimum absolute atomic E-state index is 0.124. The molecule has 1 unspecified atom stereocenters. The zero-order valence-corrected chi connectivity index (χ0v) is 13.4. The lowest BCUT2D eigenvalue weighted by atomic mass is 9.98. The summed E-state index contributed by atoms with van der Waals surface area (Å²) < 4.78 is 0. The maximum atomic E-state index is 12.3. The van der Waals surface area contributed by atoms with Gasteiger partial charge in [0.15, 0.2) is 5.78 Å². The third-order valence-electron chi connectivity index (χ3n) is 4.13. The summed E-state index contributed by atoms with van der Waals surface area (Å²) in [6.07, 6.45) is 4.92. The molecule has 1 fully saturated rings. The van der Waals surface area contributed by atoms with Crippen LogP contribution in [0.5, 0.6) is 0 Å². The van der Waals surface area contributed by atoms with Crippen molar-refractivity contribution >= 4 is 29.0 Å². The summed E-state index contributed by atoms with van der Waals surface area (Å²) in [7, 11) is 0. The summed E-state index contributed by atoms with van der Waals surface area (Å²) in [4.78, 5) is 14.6. The maximum absolute atomic E-state index is 12.3. The fraction of sp³-hybridized carbons (Fsp3) is 0.562. The van der Waals surface area contributed by atoms with Crippen LogP contribution in [0.1, 0.15) is 43.0 Å². The highest BCUT2D eigenvalue weighted by Gasteiger charge is 2.18. The second-order valence-electron chi connectivity index (χ2n) is 5.53. The van der Waals surface area contributed by atoms with E-state index in [4.69, 9.17) is 23.2 Å². The predicted octanol–water partition coefficient (Wildman–Crippen LogP) is 4.69. The van der Waals surface area contributed by atoms with Gasteiger partial charge in [0.25, 0.3) is 0 Å². The number of rotatable bonds is 4. The number of ketones is 1. The van der Waals surface area contributed by atoms with Gasteiger partial charge >= 0.3 is 0 Å². The lowest BCUT2D eigenvalue weighted by molar-refractivity contribution is 0.0932. The first-order chi connectivity index (χ1) is 9.60. The van der Waals surface area contributed by atoms with Crippen molar-refractivity contribution in [3.05, 3.63) is 33.8 Å². The molecule has 1 saturated heterocycles. The third kappa shape index (κ3) is 4.21. The second-order valence-corrected chi connectivity index (χ2v) is 6.35. The highest BCUT2D eigenvalue weighted by molar-refractivity contribution is 6.42. The highest BCUT2D eigenvalue weighted by Crippen LogP contribution is 2.24. The molecule has 0 radical (unpaired) electrons. The van der Waals surface area contributed by atoms with Gasteiger partial charge < -0.3 is 0 Å². The Morgan fingerprint density at radius 3 is 2.75 bits per heavy atom. The molecule has 1 aromatic carbocycles. The topological polar surface area (TPSA) is 20.3 Å². The van der Waals surface area contributed by atoms with Gasteiger partial charge in [-0.1, -0.05) is 36.5 Å². The van der Waals surface area contributed by atoms with Crippen LogP contribution in [0.4, 0.5) is 0 Å². The Labute approximate surface area is 131 Å². The normalized spacial score (nSPS) is 20.6. The van der Waals surface area contributed by atoms with E-state index < -0.39 is 0 Å². The van der Waals surface area contributed by atoms with Crippen LogP contribution in [-0.4, -0.2) is 30.3 Å². The highest BCUT2D eigenvalue weighted by atomic mass is 35.5. The van der Waals surface area contributed by atoms with Crippen LogP contribution in [0.25, 0.3) is 0 Å². The second kappa shape index (κ2) is 7.44. The summed E-state index contributed by atoms with van der Waals surface area (Å²) in [5.74, 6) is 0.943. The summed E-state index contributed by atoms with van der Waals surface area (Å²) in [5.41, 5.74) is 0.649. The Hall–Kier alpha value is -0.570. The van der Waals surface area contributed by atoms with Crippen LogP contribution in [0, 0.1) is 5.92 Å². The van der Waals surface area contributed by atoms with Crippen molar-refractivity contribution in [3.8, 4) is 0 Å². The van der Waals surface area contributed by atoms with Gasteiger partial charge in [-0.2, -0.15) is 0 Å². The van der Waals surface area contributed by atoms with Crippen molar-refractivity contribution in [1.82, 2.24) is 4.90 Å². The molecule has 1 aliphatic heterocycles. The maximum Gasteiger partial charge on any atom is 0.176 e. The number of likely N-dealkylation sites (tertiary alicyclic amines) is 1. The number of hydrogen-bond donors (Lipinski definition) is 0. The number of carbonyl (C=O) groups is 1. The van der Waals surface area contributed by atoms with E-state index in [1.165, 1.54) is 25.7 Å². The van der Waals surface area contributed by atoms with E-state index >= 15 is 0 Å². The summed E-state index contributed by atoms with van der Waals surface area (Å²) in [6.45, 7) is 4.77. The van der Waals surface area contributed by atoms with Gasteiger partial charge in [-0.25, -0.2) is 0 Å². The molecule has 20 heavy (non-hydrogen) atoms. The molecule has 2 rings (SSSR count). The first kappa shape index (κ1) is 15.8. The van der Waals surface area contributed by atoms with Crippen molar-refractivity contribution < 1.29 is 4.79 Å². The minimum atomic E-state index is 0.124. The first-order valence-corrected chi connectivity index (χ1v) is 8.06. The number of halogens is 2. The fourth-order valence-corrected chi connectivity index (χ4v) is 3.05. The molecular formula is C16H21Cl2NO. The Morgan fingerprint density at radius 2 is 2.05 bits per heavy atom. The zero-order chi connectivity index (χ0) is 14.5. The number of benzene rings is 1. The van der Waals surface area contributed by atoms with Crippen LogP contribution >= 0.6 is 23.2 Å². The number of nitrogens with zero attached hydrogens (tertiary/aromatic N) is 1. The van der Waals surface area contributed by atoms with E-state index in [-0.39, 0.29) is 5.78 Å². The molecule has 1 atom stereocenters. The van der Waals surface area contributed by atoms with Gasteiger partial charge in [0, 0.05) is 5.56 Å². The smallest absolute Gasteiger partial charge is 0.176 e. The van der Waals surface area contributed by atoms with Gasteiger partial charge in [0.1, 0.15) is 0 Å². The molecule has 0 N–H and O–H groups in total. The van der Waals surface area contributed by atoms with Crippen molar-refractivity contribution in [3.63, 3.8) is 0 Å². The Bertz CT molecular complexity index is 476. The molecular weight excluding hydrogens is 293 g/mol. The average molecular weight is 314 g/mol. The molecule has 0 aliphatic carbocycles. The zero-order valence-electron chi connectivity index (χ0n) is 11.9. The van der Waals surface area contributed by atoms with E-state index in [9.17, 15) is 4.79 Å². The van der Waals surface area contributed by atoms with E-state index in [1.807, 2.05) is 0 Å². The summed E-state index contributed by atoms with van der Waals surface area (Å²) in [5, 5.41) is 0.934. The monoisotopic (exact) mass is 313 g/mol. The van der Waals surface area contributed by atoms with E-state index in [0.717, 1.165) is 19.0 Å². The molecule has 0 saturated carbocycles. The number of carbonyl (C=O) groups excluding carboxylic acids is 1. The summed E-state index contributed by atoms with van der Waals surface area (Å²) >= 11 is 11.8. The molecule has 1 heterocycles. The minimum Gasteiger partial charge on any atom is -0.296 e. The SMILES string of the molecule is CCC1CCCN(CC(=O)c2ccc(Cl)c(Cl)c2)CC1. The standard InChI is InChI=1S/C16H21Cl2NO/c1-2-12-4-3-8-19(9-7-12)11-16(20)13-5-6-14(17)15(18)10-13/h5-6,10,12H,2-4,7-9,11H2,1H3. The molecule has 0 spiro atoms. The average Bonchev–Trinajstić information content (AvgIpc) is 2.67. The molecule has 1 aromatic rings. The Morgan fingerprint density at radius 1 is 1.25 bits per heavy atom. The number of hydrogen-bond acceptors (Lipinski definition) is 2. The van der Waals surface area contributed by atoms with Gasteiger partial charge in [-0.3, -0.25) is 9.69 Å². The van der Waals surface area contributed by atoms with E-state index in [0.29, 0.717) is 22.2 Å². The van der Waals surface area contributed by atoms with Gasteiger partial charge in [0.05, 0.1) is 16.6 Å². The lowest BCUT2D eigenvalue weighted by Gasteiger charge is -2.19. The van der Waals surface area contributed by atoms with Crippen LogP contribution in [0.2, 0.25) is 10.0 Å². The van der Waals surface area contributed by atoms with E-state index in [2.05, 4.69) is 11.8 Å². The number of Topliss-reactive ketones (excluding diaryl/α,β-unsaturated/α-hetero) is 1. The Balaban J connectivity index is 1.95. The third-order valence-corrected chi connectivity index (χ3v) is 4.87. The van der Waals surface area contributed by atoms with Gasteiger partial charge in [-0.05, 0) is 56.5 Å². The van der Waals surface area contributed by atoms with Crippen molar-refractivity contribution in [2.75, 3.05) is 19.6 Å². The summed E-state index contributed by atoms with van der Waals surface area (Å²) in [6, 6.07) is 5.11. The van der Waals surface area contributed by atoms with Crippen LogP contribution in [0.3, 0.4) is 0 Å². The van der Waals surface area contributed by atoms with E-state index in [1.54, 1.807) is 18.2 Å². The molecule has 4 heteroatoms. The van der Waals surface area contributed by atoms with Crippen LogP contribution < -0.4 is 0 Å². The van der Waals surface area contributed by atoms with Gasteiger partial charge in [-0.15, -0.1) is 0 Å². The van der Waals surface area contributed by atoms with Crippen LogP contribution in [-0.2, 0) is 0 Å². The van der Waals surface area contributed by atoms with Gasteiger partial charge in [0.2, 0.25) is 0 Å². The van der Waals surface area contributed by atoms with Crippen molar-refractivity contribution in [1.29, 1.82) is 0 Å². The fourth-order valence-electron chi connectivity index (χ4n) is 2.76.